The van der Waals surface area contributed by atoms with Gasteiger partial charge >= 0.3 is 0 Å². The van der Waals surface area contributed by atoms with Crippen molar-refractivity contribution in [1.29, 1.82) is 0 Å². The van der Waals surface area contributed by atoms with E-state index in [0.29, 0.717) is 24.2 Å². The van der Waals surface area contributed by atoms with Crippen molar-refractivity contribution in [3.63, 3.8) is 0 Å². The standard InChI is InChI=1S/C7H12N4O2S/c1-3-5-6(4-2)10-11-7(9-5)14(8,12)13/h3-4H2,1-2H3,(H2,8,12,13). The number of nitrogens with zero attached hydrogens (tertiary/aromatic N) is 3. The maximum Gasteiger partial charge on any atom is 0.282 e. The molecule has 0 aromatic carbocycles. The lowest BCUT2D eigenvalue weighted by Gasteiger charge is -2.03. The summed E-state index contributed by atoms with van der Waals surface area (Å²) in [6.45, 7) is 3.78. The molecule has 0 fully saturated rings. The molecule has 14 heavy (non-hydrogen) atoms. The molecule has 1 aromatic rings. The Kier molecular flexibility index (Phi) is 3.12. The van der Waals surface area contributed by atoms with Gasteiger partial charge in [-0.25, -0.2) is 18.5 Å². The molecule has 0 spiro atoms. The second kappa shape index (κ2) is 3.97. The van der Waals surface area contributed by atoms with E-state index in [0.717, 1.165) is 0 Å². The zero-order chi connectivity index (χ0) is 10.8. The molecule has 1 aromatic heterocycles. The Bertz CT molecular complexity index is 429. The molecule has 0 bridgehead atoms. The van der Waals surface area contributed by atoms with Crippen LogP contribution in [0.2, 0.25) is 0 Å². The lowest BCUT2D eigenvalue weighted by atomic mass is 10.2. The van der Waals surface area contributed by atoms with Crippen LogP contribution in [0, 0.1) is 0 Å². The first-order chi connectivity index (χ1) is 6.49. The molecule has 7 heteroatoms. The molecule has 0 unspecified atom stereocenters. The van der Waals surface area contributed by atoms with E-state index < -0.39 is 15.2 Å². The predicted molar refractivity (Wildman–Crippen MR) is 50.0 cm³/mol. The molecule has 2 N–H and O–H groups in total. The average molecular weight is 216 g/mol. The molecule has 0 aliphatic heterocycles. The maximum atomic E-state index is 10.9. The molecule has 0 amide bonds. The summed E-state index contributed by atoms with van der Waals surface area (Å²) in [6.07, 6.45) is 1.29. The van der Waals surface area contributed by atoms with E-state index in [2.05, 4.69) is 15.2 Å². The van der Waals surface area contributed by atoms with Crippen molar-refractivity contribution in [2.45, 2.75) is 31.8 Å². The molecule has 0 saturated heterocycles. The van der Waals surface area contributed by atoms with Gasteiger partial charge in [0.2, 0.25) is 0 Å². The summed E-state index contributed by atoms with van der Waals surface area (Å²) in [6, 6.07) is 0. The van der Waals surface area contributed by atoms with Gasteiger partial charge in [0.1, 0.15) is 0 Å². The number of sulfonamides is 1. The van der Waals surface area contributed by atoms with Gasteiger partial charge in [-0.2, -0.15) is 5.10 Å². The Balaban J connectivity index is 3.28. The Morgan fingerprint density at radius 3 is 2.14 bits per heavy atom. The zero-order valence-electron chi connectivity index (χ0n) is 8.06. The average Bonchev–Trinajstić information content (AvgIpc) is 2.15. The van der Waals surface area contributed by atoms with Gasteiger partial charge in [-0.15, -0.1) is 5.10 Å². The number of hydrogen-bond acceptors (Lipinski definition) is 5. The summed E-state index contributed by atoms with van der Waals surface area (Å²) in [4.78, 5) is 3.85. The second-order valence-electron chi connectivity index (χ2n) is 2.74. The van der Waals surface area contributed by atoms with E-state index in [9.17, 15) is 8.42 Å². The minimum atomic E-state index is -3.85. The van der Waals surface area contributed by atoms with Crippen molar-refractivity contribution in [3.05, 3.63) is 11.4 Å². The number of aryl methyl sites for hydroxylation is 2. The Labute approximate surface area is 82.6 Å². The number of nitrogens with two attached hydrogens (primary N) is 1. The molecular formula is C7H12N4O2S. The topological polar surface area (TPSA) is 98.8 Å². The fourth-order valence-corrected chi connectivity index (χ4v) is 1.43. The lowest BCUT2D eigenvalue weighted by molar-refractivity contribution is 0.581. The SMILES string of the molecule is CCc1nnc(S(N)(=O)=O)nc1CC. The highest BCUT2D eigenvalue weighted by atomic mass is 32.2. The Hall–Kier alpha value is -1.08. The van der Waals surface area contributed by atoms with Crippen molar-refractivity contribution in [2.75, 3.05) is 0 Å². The van der Waals surface area contributed by atoms with E-state index in [-0.39, 0.29) is 0 Å². The number of aromatic nitrogens is 3. The highest BCUT2D eigenvalue weighted by molar-refractivity contribution is 7.89. The van der Waals surface area contributed by atoms with Gasteiger partial charge in [0.05, 0.1) is 11.4 Å². The van der Waals surface area contributed by atoms with Crippen LogP contribution in [-0.4, -0.2) is 23.6 Å². The van der Waals surface area contributed by atoms with Crippen LogP contribution in [0.1, 0.15) is 25.2 Å². The third-order valence-corrected chi connectivity index (χ3v) is 2.43. The van der Waals surface area contributed by atoms with Crippen LogP contribution in [0.5, 0.6) is 0 Å². The molecule has 1 heterocycles. The minimum Gasteiger partial charge on any atom is -0.222 e. The molecule has 0 atom stereocenters. The molecule has 78 valence electrons. The fraction of sp³-hybridized carbons (Fsp3) is 0.571. The first kappa shape index (κ1) is 11.0. The van der Waals surface area contributed by atoms with Crippen LogP contribution in [0.3, 0.4) is 0 Å². The van der Waals surface area contributed by atoms with Crippen molar-refractivity contribution >= 4 is 10.0 Å². The molecule has 0 radical (unpaired) electrons. The third-order valence-electron chi connectivity index (χ3n) is 1.74. The van der Waals surface area contributed by atoms with Gasteiger partial charge in [0, 0.05) is 0 Å². The van der Waals surface area contributed by atoms with Gasteiger partial charge in [-0.1, -0.05) is 13.8 Å². The highest BCUT2D eigenvalue weighted by Gasteiger charge is 2.14. The lowest BCUT2D eigenvalue weighted by Crippen LogP contribution is -2.18. The van der Waals surface area contributed by atoms with Crippen LogP contribution < -0.4 is 5.14 Å². The van der Waals surface area contributed by atoms with Crippen LogP contribution >= 0.6 is 0 Å². The Morgan fingerprint density at radius 1 is 1.14 bits per heavy atom. The Morgan fingerprint density at radius 2 is 1.71 bits per heavy atom. The van der Waals surface area contributed by atoms with Crippen LogP contribution in [0.4, 0.5) is 0 Å². The van der Waals surface area contributed by atoms with E-state index in [1.807, 2.05) is 13.8 Å². The summed E-state index contributed by atoms with van der Waals surface area (Å²) < 4.78 is 21.8. The predicted octanol–water partition coefficient (Wildman–Crippen LogP) is -0.356. The van der Waals surface area contributed by atoms with Gasteiger partial charge in [-0.05, 0) is 12.8 Å². The van der Waals surface area contributed by atoms with Crippen LogP contribution in [-0.2, 0) is 22.9 Å². The first-order valence-electron chi connectivity index (χ1n) is 4.24. The van der Waals surface area contributed by atoms with Crippen molar-refractivity contribution in [1.82, 2.24) is 15.2 Å². The monoisotopic (exact) mass is 216 g/mol. The maximum absolute atomic E-state index is 10.9. The van der Waals surface area contributed by atoms with E-state index in [1.165, 1.54) is 0 Å². The second-order valence-corrected chi connectivity index (χ2v) is 4.20. The third kappa shape index (κ3) is 2.24. The van der Waals surface area contributed by atoms with E-state index in [4.69, 9.17) is 5.14 Å². The minimum absolute atomic E-state index is 0.411. The van der Waals surface area contributed by atoms with Crippen LogP contribution in [0.15, 0.2) is 5.16 Å². The van der Waals surface area contributed by atoms with E-state index in [1.54, 1.807) is 0 Å². The summed E-state index contributed by atoms with van der Waals surface area (Å²) in [5.74, 6) is 0. The van der Waals surface area contributed by atoms with Crippen LogP contribution in [0.25, 0.3) is 0 Å². The molecule has 0 saturated carbocycles. The molecule has 1 rings (SSSR count). The zero-order valence-corrected chi connectivity index (χ0v) is 8.87. The van der Waals surface area contributed by atoms with Gasteiger partial charge in [0.15, 0.2) is 0 Å². The van der Waals surface area contributed by atoms with Gasteiger partial charge < -0.3 is 0 Å². The van der Waals surface area contributed by atoms with Gasteiger partial charge in [0.25, 0.3) is 15.2 Å². The molecule has 0 aliphatic rings. The first-order valence-corrected chi connectivity index (χ1v) is 5.79. The molecule has 6 nitrogen and oxygen atoms in total. The molecular weight excluding hydrogens is 204 g/mol. The highest BCUT2D eigenvalue weighted by Crippen LogP contribution is 2.05. The van der Waals surface area contributed by atoms with Crippen molar-refractivity contribution in [2.24, 2.45) is 5.14 Å². The van der Waals surface area contributed by atoms with Crippen molar-refractivity contribution in [3.8, 4) is 0 Å². The largest absolute Gasteiger partial charge is 0.282 e. The van der Waals surface area contributed by atoms with E-state index >= 15 is 0 Å². The fourth-order valence-electron chi connectivity index (χ4n) is 1.04. The smallest absolute Gasteiger partial charge is 0.222 e. The van der Waals surface area contributed by atoms with Gasteiger partial charge in [-0.3, -0.25) is 0 Å². The number of rotatable bonds is 3. The van der Waals surface area contributed by atoms with Crippen molar-refractivity contribution < 1.29 is 8.42 Å². The normalized spacial score (nSPS) is 11.6. The summed E-state index contributed by atoms with van der Waals surface area (Å²) in [5, 5.41) is 11.7. The summed E-state index contributed by atoms with van der Waals surface area (Å²) >= 11 is 0. The molecule has 0 aliphatic carbocycles. The summed E-state index contributed by atoms with van der Waals surface area (Å²) in [7, 11) is -3.85. The quantitative estimate of drug-likeness (QED) is 0.744. The number of primary sulfonamides is 1. The summed E-state index contributed by atoms with van der Waals surface area (Å²) in [5.41, 5.74) is 1.34. The number of hydrogen-bond donors (Lipinski definition) is 1.